The topological polar surface area (TPSA) is 28.7 Å². The van der Waals surface area contributed by atoms with Crippen molar-refractivity contribution in [3.05, 3.63) is 54.1 Å². The first-order valence-corrected chi connectivity index (χ1v) is 6.01. The Kier molecular flexibility index (Phi) is 2.57. The van der Waals surface area contributed by atoms with Crippen molar-refractivity contribution >= 4 is 22.6 Å². The van der Waals surface area contributed by atoms with Crippen molar-refractivity contribution in [2.75, 3.05) is 0 Å². The van der Waals surface area contributed by atoms with Crippen LogP contribution in [0.3, 0.4) is 0 Å². The highest BCUT2D eigenvalue weighted by atomic mass is 35.5. The molecule has 0 saturated heterocycles. The molecule has 0 saturated carbocycles. The molecule has 0 fully saturated rings. The molecule has 1 aromatic heterocycles. The molecule has 0 bridgehead atoms. The van der Waals surface area contributed by atoms with Crippen molar-refractivity contribution in [1.29, 1.82) is 0 Å². The second-order valence-electron chi connectivity index (χ2n) is 3.90. The van der Waals surface area contributed by atoms with Crippen LogP contribution in [0.4, 0.5) is 0 Å². The van der Waals surface area contributed by atoms with Gasteiger partial charge in [-0.25, -0.2) is 4.98 Å². The molecular weight excluding hydrogens is 232 g/mol. The van der Waals surface area contributed by atoms with E-state index in [1.165, 1.54) is 0 Å². The summed E-state index contributed by atoms with van der Waals surface area (Å²) in [6.45, 7) is 0. The monoisotopic (exact) mass is 242 g/mol. The lowest BCUT2D eigenvalue weighted by molar-refractivity contribution is 1.32. The number of alkyl halides is 1. The number of halogens is 1. The van der Waals surface area contributed by atoms with E-state index in [4.69, 9.17) is 11.6 Å². The quantitative estimate of drug-likeness (QED) is 0.677. The van der Waals surface area contributed by atoms with E-state index in [1.54, 1.807) is 0 Å². The predicted molar refractivity (Wildman–Crippen MR) is 71.1 cm³/mol. The minimum absolute atomic E-state index is 0.483. The fraction of sp³-hybridized carbons (Fsp3) is 0.0714. The summed E-state index contributed by atoms with van der Waals surface area (Å²) in [5.41, 5.74) is 4.13. The van der Waals surface area contributed by atoms with Gasteiger partial charge in [-0.3, -0.25) is 0 Å². The van der Waals surface area contributed by atoms with Crippen LogP contribution in [0.15, 0.2) is 48.5 Å². The zero-order chi connectivity index (χ0) is 11.7. The van der Waals surface area contributed by atoms with Crippen LogP contribution < -0.4 is 0 Å². The number of imidazole rings is 1. The molecule has 2 nitrogen and oxygen atoms in total. The average Bonchev–Trinajstić information content (AvgIpc) is 2.83. The molecule has 84 valence electrons. The van der Waals surface area contributed by atoms with E-state index in [1.807, 2.05) is 48.5 Å². The Balaban J connectivity index is 2.20. The third-order valence-corrected chi connectivity index (χ3v) is 3.08. The van der Waals surface area contributed by atoms with E-state index < -0.39 is 0 Å². The molecule has 3 heteroatoms. The fourth-order valence-corrected chi connectivity index (χ4v) is 2.15. The Morgan fingerprint density at radius 1 is 1.00 bits per heavy atom. The number of nitrogens with zero attached hydrogens (tertiary/aromatic N) is 1. The van der Waals surface area contributed by atoms with Crippen LogP contribution in [0.25, 0.3) is 22.4 Å². The number of para-hydroxylation sites is 1. The molecular formula is C14H11ClN2. The summed E-state index contributed by atoms with van der Waals surface area (Å²) in [7, 11) is 0. The van der Waals surface area contributed by atoms with E-state index in [0.717, 1.165) is 28.0 Å². The summed E-state index contributed by atoms with van der Waals surface area (Å²) in [5, 5.41) is 0. The fourth-order valence-electron chi connectivity index (χ4n) is 1.93. The summed E-state index contributed by atoms with van der Waals surface area (Å²) in [4.78, 5) is 7.93. The van der Waals surface area contributed by atoms with Gasteiger partial charge in [-0.15, -0.1) is 11.6 Å². The van der Waals surface area contributed by atoms with Gasteiger partial charge in [0.25, 0.3) is 0 Å². The van der Waals surface area contributed by atoms with Crippen LogP contribution in [0.1, 0.15) is 5.56 Å². The van der Waals surface area contributed by atoms with Gasteiger partial charge in [0.2, 0.25) is 0 Å². The molecule has 0 aliphatic rings. The third-order valence-electron chi connectivity index (χ3n) is 2.79. The van der Waals surface area contributed by atoms with E-state index in [2.05, 4.69) is 9.97 Å². The number of aromatic amines is 1. The minimum Gasteiger partial charge on any atom is -0.338 e. The highest BCUT2D eigenvalue weighted by Crippen LogP contribution is 2.23. The Bertz CT molecular complexity index is 644. The van der Waals surface area contributed by atoms with Crippen LogP contribution in [0.2, 0.25) is 0 Å². The Labute approximate surface area is 104 Å². The molecule has 3 rings (SSSR count). The molecule has 0 atom stereocenters. The number of nitrogens with one attached hydrogen (secondary N) is 1. The molecule has 2 aromatic carbocycles. The van der Waals surface area contributed by atoms with Crippen molar-refractivity contribution in [1.82, 2.24) is 9.97 Å². The van der Waals surface area contributed by atoms with Crippen LogP contribution >= 0.6 is 11.6 Å². The van der Waals surface area contributed by atoms with E-state index >= 15 is 0 Å². The molecule has 0 spiro atoms. The standard InChI is InChI=1S/C14H11ClN2/c15-9-11-7-4-8-12-13(11)17-14(16-12)10-5-2-1-3-6-10/h1-8H,9H2,(H,16,17). The van der Waals surface area contributed by atoms with Crippen LogP contribution in [0, 0.1) is 0 Å². The summed E-state index contributed by atoms with van der Waals surface area (Å²) < 4.78 is 0. The molecule has 1 N–H and O–H groups in total. The highest BCUT2D eigenvalue weighted by molar-refractivity contribution is 6.17. The van der Waals surface area contributed by atoms with Crippen molar-refractivity contribution in [3.8, 4) is 11.4 Å². The van der Waals surface area contributed by atoms with Crippen molar-refractivity contribution in [2.24, 2.45) is 0 Å². The van der Waals surface area contributed by atoms with Gasteiger partial charge in [0.15, 0.2) is 0 Å². The van der Waals surface area contributed by atoms with Gasteiger partial charge in [-0.1, -0.05) is 42.5 Å². The normalized spacial score (nSPS) is 10.9. The minimum atomic E-state index is 0.483. The zero-order valence-corrected chi connectivity index (χ0v) is 9.91. The lowest BCUT2D eigenvalue weighted by atomic mass is 10.2. The SMILES string of the molecule is ClCc1cccc2[nH]c(-c3ccccc3)nc12. The van der Waals surface area contributed by atoms with E-state index in [-0.39, 0.29) is 0 Å². The number of rotatable bonds is 2. The number of fused-ring (bicyclic) bond motifs is 1. The molecule has 1 heterocycles. The first-order valence-electron chi connectivity index (χ1n) is 5.47. The van der Waals surface area contributed by atoms with Crippen molar-refractivity contribution < 1.29 is 0 Å². The summed E-state index contributed by atoms with van der Waals surface area (Å²) in [5.74, 6) is 1.37. The number of benzene rings is 2. The molecule has 0 aliphatic carbocycles. The highest BCUT2D eigenvalue weighted by Gasteiger charge is 2.07. The Hall–Kier alpha value is -1.80. The molecule has 17 heavy (non-hydrogen) atoms. The average molecular weight is 243 g/mol. The second-order valence-corrected chi connectivity index (χ2v) is 4.17. The maximum Gasteiger partial charge on any atom is 0.138 e. The van der Waals surface area contributed by atoms with Gasteiger partial charge in [0.1, 0.15) is 5.82 Å². The third kappa shape index (κ3) is 1.81. The maximum atomic E-state index is 5.91. The van der Waals surface area contributed by atoms with Crippen LogP contribution in [-0.4, -0.2) is 9.97 Å². The zero-order valence-electron chi connectivity index (χ0n) is 9.15. The summed E-state index contributed by atoms with van der Waals surface area (Å²) in [6, 6.07) is 16.1. The van der Waals surface area contributed by atoms with E-state index in [0.29, 0.717) is 5.88 Å². The lowest BCUT2D eigenvalue weighted by Gasteiger charge is -1.94. The van der Waals surface area contributed by atoms with Gasteiger partial charge < -0.3 is 4.98 Å². The van der Waals surface area contributed by atoms with E-state index in [9.17, 15) is 0 Å². The van der Waals surface area contributed by atoms with Crippen molar-refractivity contribution in [2.45, 2.75) is 5.88 Å². The molecule has 0 amide bonds. The summed E-state index contributed by atoms with van der Waals surface area (Å²) >= 11 is 5.91. The molecule has 0 aliphatic heterocycles. The predicted octanol–water partition coefficient (Wildman–Crippen LogP) is 3.97. The maximum absolute atomic E-state index is 5.91. The van der Waals surface area contributed by atoms with Gasteiger partial charge in [0, 0.05) is 11.4 Å². The number of aromatic nitrogens is 2. The van der Waals surface area contributed by atoms with Crippen molar-refractivity contribution in [3.63, 3.8) is 0 Å². The number of H-pyrrole nitrogens is 1. The number of hydrogen-bond donors (Lipinski definition) is 1. The second kappa shape index (κ2) is 4.22. The van der Waals surface area contributed by atoms with Gasteiger partial charge in [-0.2, -0.15) is 0 Å². The van der Waals surface area contributed by atoms with Gasteiger partial charge >= 0.3 is 0 Å². The Morgan fingerprint density at radius 3 is 2.59 bits per heavy atom. The van der Waals surface area contributed by atoms with Crippen LogP contribution in [0.5, 0.6) is 0 Å². The van der Waals surface area contributed by atoms with Crippen LogP contribution in [-0.2, 0) is 5.88 Å². The summed E-state index contributed by atoms with van der Waals surface area (Å²) in [6.07, 6.45) is 0. The molecule has 0 unspecified atom stereocenters. The first kappa shape index (κ1) is 10.4. The van der Waals surface area contributed by atoms with Gasteiger partial charge in [0.05, 0.1) is 11.0 Å². The number of hydrogen-bond acceptors (Lipinski definition) is 1. The smallest absolute Gasteiger partial charge is 0.138 e. The van der Waals surface area contributed by atoms with Gasteiger partial charge in [-0.05, 0) is 11.6 Å². The first-order chi connectivity index (χ1) is 8.38. The Morgan fingerprint density at radius 2 is 1.82 bits per heavy atom. The lowest BCUT2D eigenvalue weighted by Crippen LogP contribution is -1.80. The molecule has 3 aromatic rings. The largest absolute Gasteiger partial charge is 0.338 e. The molecule has 0 radical (unpaired) electrons.